The van der Waals surface area contributed by atoms with Crippen molar-refractivity contribution in [3.63, 3.8) is 0 Å². The molecule has 1 aromatic heterocycles. The van der Waals surface area contributed by atoms with Gasteiger partial charge >= 0.3 is 0 Å². The summed E-state index contributed by atoms with van der Waals surface area (Å²) in [5.74, 6) is -0.366. The first-order chi connectivity index (χ1) is 14.8. The van der Waals surface area contributed by atoms with E-state index >= 15 is 0 Å². The van der Waals surface area contributed by atoms with Gasteiger partial charge in [0.25, 0.3) is 15.9 Å². The zero-order valence-corrected chi connectivity index (χ0v) is 17.9. The zero-order chi connectivity index (χ0) is 22.0. The van der Waals surface area contributed by atoms with E-state index in [4.69, 9.17) is 0 Å². The summed E-state index contributed by atoms with van der Waals surface area (Å²) in [6.07, 6.45) is 0. The zero-order valence-electron chi connectivity index (χ0n) is 17.1. The van der Waals surface area contributed by atoms with Crippen molar-refractivity contribution < 1.29 is 13.2 Å². The topological polar surface area (TPSA) is 88.2 Å². The normalized spacial score (nSPS) is 11.3. The third-order valence-electron chi connectivity index (χ3n) is 4.97. The summed E-state index contributed by atoms with van der Waals surface area (Å²) >= 11 is 0. The van der Waals surface area contributed by atoms with E-state index < -0.39 is 10.0 Å². The van der Waals surface area contributed by atoms with Crippen molar-refractivity contribution in [2.24, 2.45) is 0 Å². The third kappa shape index (κ3) is 4.41. The molecule has 0 saturated carbocycles. The molecule has 4 rings (SSSR count). The number of fused-ring (bicyclic) bond motifs is 1. The van der Waals surface area contributed by atoms with Gasteiger partial charge in [-0.3, -0.25) is 9.52 Å². The number of pyridine rings is 1. The number of aryl methyl sites for hydroxylation is 2. The van der Waals surface area contributed by atoms with Gasteiger partial charge in [-0.15, -0.1) is 0 Å². The number of sulfonamides is 1. The molecular weight excluding hydrogens is 410 g/mol. The molecule has 4 aromatic rings. The van der Waals surface area contributed by atoms with E-state index in [0.717, 1.165) is 22.0 Å². The number of hydrogen-bond acceptors (Lipinski definition) is 4. The molecule has 1 heterocycles. The Labute approximate surface area is 181 Å². The van der Waals surface area contributed by atoms with Crippen molar-refractivity contribution in [1.29, 1.82) is 0 Å². The predicted molar refractivity (Wildman–Crippen MR) is 123 cm³/mol. The Morgan fingerprint density at radius 1 is 0.806 bits per heavy atom. The lowest BCUT2D eigenvalue weighted by atomic mass is 10.1. The number of anilines is 2. The second kappa shape index (κ2) is 8.20. The molecule has 0 bridgehead atoms. The molecule has 0 fully saturated rings. The van der Waals surface area contributed by atoms with Crippen LogP contribution in [0, 0.1) is 13.8 Å². The van der Waals surface area contributed by atoms with Crippen LogP contribution in [0.1, 0.15) is 21.6 Å². The Morgan fingerprint density at radius 2 is 1.48 bits per heavy atom. The minimum Gasteiger partial charge on any atom is -0.321 e. The summed E-state index contributed by atoms with van der Waals surface area (Å²) in [5.41, 5.74) is 3.75. The molecule has 0 atom stereocenters. The average molecular weight is 432 g/mol. The fourth-order valence-corrected chi connectivity index (χ4v) is 4.48. The number of aromatic nitrogens is 1. The van der Waals surface area contributed by atoms with Crippen molar-refractivity contribution in [3.05, 3.63) is 95.7 Å². The summed E-state index contributed by atoms with van der Waals surface area (Å²) in [6.45, 7) is 3.70. The summed E-state index contributed by atoms with van der Waals surface area (Å²) in [4.78, 5) is 17.0. The van der Waals surface area contributed by atoms with Crippen molar-refractivity contribution in [2.45, 2.75) is 18.7 Å². The number of nitrogens with one attached hydrogen (secondary N) is 2. The van der Waals surface area contributed by atoms with Crippen molar-refractivity contribution in [1.82, 2.24) is 4.98 Å². The lowest BCUT2D eigenvalue weighted by Gasteiger charge is -2.13. The number of benzene rings is 3. The van der Waals surface area contributed by atoms with Crippen LogP contribution < -0.4 is 10.0 Å². The van der Waals surface area contributed by atoms with Crippen LogP contribution in [0.15, 0.2) is 83.8 Å². The highest BCUT2D eigenvalue weighted by Crippen LogP contribution is 2.24. The molecule has 7 heteroatoms. The van der Waals surface area contributed by atoms with Crippen LogP contribution in [0.3, 0.4) is 0 Å². The van der Waals surface area contributed by atoms with E-state index in [1.54, 1.807) is 18.2 Å². The number of amides is 1. The van der Waals surface area contributed by atoms with Crippen LogP contribution in [0.25, 0.3) is 10.9 Å². The maximum Gasteiger partial charge on any atom is 0.274 e. The lowest BCUT2D eigenvalue weighted by molar-refractivity contribution is 0.102. The number of rotatable bonds is 5. The van der Waals surface area contributed by atoms with Crippen LogP contribution in [0.5, 0.6) is 0 Å². The summed E-state index contributed by atoms with van der Waals surface area (Å²) in [5, 5.41) is 3.70. The van der Waals surface area contributed by atoms with Crippen LogP contribution in [0.4, 0.5) is 11.4 Å². The second-order valence-electron chi connectivity index (χ2n) is 7.24. The average Bonchev–Trinajstić information content (AvgIpc) is 2.76. The molecule has 156 valence electrons. The SMILES string of the molecule is Cc1cccc(C)c1NS(=O)(=O)c1ccc(NC(=O)c2ccc3ccccc3n2)cc1. The van der Waals surface area contributed by atoms with E-state index in [0.29, 0.717) is 11.4 Å². The summed E-state index contributed by atoms with van der Waals surface area (Å²) < 4.78 is 28.2. The Hall–Kier alpha value is -3.71. The number of nitrogens with zero attached hydrogens (tertiary/aromatic N) is 1. The van der Waals surface area contributed by atoms with Gasteiger partial charge in [0.05, 0.1) is 16.1 Å². The second-order valence-corrected chi connectivity index (χ2v) is 8.92. The van der Waals surface area contributed by atoms with Crippen LogP contribution in [-0.4, -0.2) is 19.3 Å². The van der Waals surface area contributed by atoms with Gasteiger partial charge < -0.3 is 5.32 Å². The van der Waals surface area contributed by atoms with E-state index in [1.165, 1.54) is 12.1 Å². The summed E-state index contributed by atoms with van der Waals surface area (Å²) in [7, 11) is -3.76. The van der Waals surface area contributed by atoms with Crippen molar-refractivity contribution >= 4 is 38.2 Å². The number of para-hydroxylation sites is 2. The number of hydrogen-bond donors (Lipinski definition) is 2. The Bertz CT molecular complexity index is 1360. The Kier molecular flexibility index (Phi) is 5.44. The molecular formula is C24H21N3O3S. The fourth-order valence-electron chi connectivity index (χ4n) is 3.27. The fraction of sp³-hybridized carbons (Fsp3) is 0.0833. The van der Waals surface area contributed by atoms with Gasteiger partial charge in [-0.25, -0.2) is 13.4 Å². The van der Waals surface area contributed by atoms with Crippen LogP contribution in [0.2, 0.25) is 0 Å². The largest absolute Gasteiger partial charge is 0.321 e. The molecule has 1 amide bonds. The van der Waals surface area contributed by atoms with Crippen LogP contribution in [-0.2, 0) is 10.0 Å². The molecule has 0 unspecified atom stereocenters. The van der Waals surface area contributed by atoms with E-state index in [1.807, 2.05) is 62.4 Å². The maximum atomic E-state index is 12.8. The van der Waals surface area contributed by atoms with Gasteiger partial charge in [-0.1, -0.05) is 42.5 Å². The third-order valence-corrected chi connectivity index (χ3v) is 6.34. The first-order valence-electron chi connectivity index (χ1n) is 9.70. The predicted octanol–water partition coefficient (Wildman–Crippen LogP) is 4.90. The minimum atomic E-state index is -3.76. The van der Waals surface area contributed by atoms with E-state index in [2.05, 4.69) is 15.0 Å². The molecule has 0 saturated heterocycles. The van der Waals surface area contributed by atoms with Crippen LogP contribution >= 0.6 is 0 Å². The summed E-state index contributed by atoms with van der Waals surface area (Å²) in [6, 6.07) is 22.6. The van der Waals surface area contributed by atoms with E-state index in [-0.39, 0.29) is 16.5 Å². The quantitative estimate of drug-likeness (QED) is 0.470. The highest BCUT2D eigenvalue weighted by atomic mass is 32.2. The van der Waals surface area contributed by atoms with Gasteiger partial charge in [-0.2, -0.15) is 0 Å². The van der Waals surface area contributed by atoms with Gasteiger partial charge in [0.15, 0.2) is 0 Å². The smallest absolute Gasteiger partial charge is 0.274 e. The molecule has 3 aromatic carbocycles. The van der Waals surface area contributed by atoms with Gasteiger partial charge in [-0.05, 0) is 61.4 Å². The van der Waals surface area contributed by atoms with Gasteiger partial charge in [0.1, 0.15) is 5.69 Å². The Morgan fingerprint density at radius 3 is 2.19 bits per heavy atom. The first-order valence-corrected chi connectivity index (χ1v) is 11.2. The highest BCUT2D eigenvalue weighted by molar-refractivity contribution is 7.92. The molecule has 31 heavy (non-hydrogen) atoms. The highest BCUT2D eigenvalue weighted by Gasteiger charge is 2.17. The molecule has 2 N–H and O–H groups in total. The molecule has 0 aliphatic carbocycles. The monoisotopic (exact) mass is 431 g/mol. The lowest BCUT2D eigenvalue weighted by Crippen LogP contribution is -2.16. The Balaban J connectivity index is 1.51. The van der Waals surface area contributed by atoms with Crippen molar-refractivity contribution in [3.8, 4) is 0 Å². The standard InChI is InChI=1S/C24H21N3O3S/c1-16-6-5-7-17(2)23(16)27-31(29,30)20-13-11-19(12-14-20)25-24(28)22-15-10-18-8-3-4-9-21(18)26-22/h3-15,27H,1-2H3,(H,25,28). The number of carbonyl (C=O) groups is 1. The van der Waals surface area contributed by atoms with E-state index in [9.17, 15) is 13.2 Å². The van der Waals surface area contributed by atoms with Crippen molar-refractivity contribution in [2.75, 3.05) is 10.0 Å². The van der Waals surface area contributed by atoms with Gasteiger partial charge in [0, 0.05) is 11.1 Å². The number of carbonyl (C=O) groups excluding carboxylic acids is 1. The van der Waals surface area contributed by atoms with Gasteiger partial charge in [0.2, 0.25) is 0 Å². The maximum absolute atomic E-state index is 12.8. The molecule has 0 spiro atoms. The molecule has 0 aliphatic rings. The molecule has 0 radical (unpaired) electrons. The molecule has 6 nitrogen and oxygen atoms in total. The molecule has 0 aliphatic heterocycles. The minimum absolute atomic E-state index is 0.108. The first kappa shape index (κ1) is 20.6.